The van der Waals surface area contributed by atoms with E-state index < -0.39 is 11.5 Å². The zero-order valence-electron chi connectivity index (χ0n) is 17.6. The molecule has 3 heterocycles. The van der Waals surface area contributed by atoms with Crippen molar-refractivity contribution < 1.29 is 19.4 Å². The molecule has 1 aromatic rings. The first-order valence-corrected chi connectivity index (χ1v) is 10.9. The van der Waals surface area contributed by atoms with E-state index in [1.165, 1.54) is 12.1 Å². The number of carbonyl (C=O) groups excluding carboxylic acids is 2. The van der Waals surface area contributed by atoms with Gasteiger partial charge in [-0.1, -0.05) is 11.6 Å². The molecule has 4 N–H and O–H groups in total. The summed E-state index contributed by atoms with van der Waals surface area (Å²) >= 11 is 6.12. The Morgan fingerprint density at radius 1 is 1.33 bits per heavy atom. The number of halogens is 1. The number of nitrogens with one attached hydrogen (secondary N) is 1. The maximum atomic E-state index is 12.9. The van der Waals surface area contributed by atoms with Gasteiger partial charge in [0, 0.05) is 32.2 Å². The number of carbonyl (C=O) groups is 2. The third-order valence-electron chi connectivity index (χ3n) is 6.21. The number of anilines is 1. The Morgan fingerprint density at radius 3 is 2.57 bits per heavy atom. The van der Waals surface area contributed by atoms with E-state index in [-0.39, 0.29) is 47.0 Å². The van der Waals surface area contributed by atoms with Gasteiger partial charge >= 0.3 is 0 Å². The van der Waals surface area contributed by atoms with E-state index in [0.29, 0.717) is 19.6 Å². The van der Waals surface area contributed by atoms with E-state index in [4.69, 9.17) is 22.1 Å². The van der Waals surface area contributed by atoms with E-state index in [2.05, 4.69) is 10.2 Å². The molecule has 3 aliphatic rings. The quantitative estimate of drug-likeness (QED) is 0.529. The zero-order valence-corrected chi connectivity index (χ0v) is 18.4. The Balaban J connectivity index is 1.70. The second-order valence-corrected chi connectivity index (χ2v) is 8.47. The number of amides is 2. The summed E-state index contributed by atoms with van der Waals surface area (Å²) in [5.41, 5.74) is 5.38. The minimum absolute atomic E-state index is 0.146. The first-order valence-electron chi connectivity index (χ1n) is 10.5. The van der Waals surface area contributed by atoms with Gasteiger partial charge in [0.1, 0.15) is 5.75 Å². The first kappa shape index (κ1) is 22.7. The molecule has 2 amide bonds. The fraction of sp³-hybridized carbons (Fsp3) is 0.619. The molecule has 4 rings (SSSR count). The van der Waals surface area contributed by atoms with Gasteiger partial charge in [0.05, 0.1) is 21.9 Å². The second kappa shape index (κ2) is 9.41. The number of aliphatic hydroxyl groups is 1. The van der Waals surface area contributed by atoms with Crippen molar-refractivity contribution in [3.05, 3.63) is 22.7 Å². The highest BCUT2D eigenvalue weighted by Crippen LogP contribution is 2.35. The molecule has 3 aliphatic heterocycles. The fourth-order valence-corrected chi connectivity index (χ4v) is 4.51. The van der Waals surface area contributed by atoms with Crippen molar-refractivity contribution in [2.24, 2.45) is 5.92 Å². The summed E-state index contributed by atoms with van der Waals surface area (Å²) in [6.07, 6.45) is 1.86. The monoisotopic (exact) mass is 438 g/mol. The van der Waals surface area contributed by atoms with Gasteiger partial charge in [-0.05, 0) is 51.8 Å². The van der Waals surface area contributed by atoms with E-state index in [1.54, 1.807) is 4.90 Å². The topological polar surface area (TPSA) is 108 Å². The molecule has 0 saturated carbocycles. The smallest absolute Gasteiger partial charge is 0.260 e. The normalized spacial score (nSPS) is 25.1. The Bertz CT molecular complexity index is 793. The van der Waals surface area contributed by atoms with E-state index in [0.717, 1.165) is 25.9 Å². The minimum atomic E-state index is -0.941. The van der Waals surface area contributed by atoms with Crippen molar-refractivity contribution in [2.45, 2.75) is 32.3 Å². The van der Waals surface area contributed by atoms with Gasteiger partial charge in [0.25, 0.3) is 11.8 Å². The lowest BCUT2D eigenvalue weighted by Crippen LogP contribution is -2.63. The molecular weight excluding hydrogens is 408 g/mol. The van der Waals surface area contributed by atoms with Crippen LogP contribution in [0.4, 0.5) is 5.69 Å². The summed E-state index contributed by atoms with van der Waals surface area (Å²) in [6.45, 7) is 7.41. The summed E-state index contributed by atoms with van der Waals surface area (Å²) < 4.78 is 5.65. The van der Waals surface area contributed by atoms with E-state index >= 15 is 0 Å². The third-order valence-corrected chi connectivity index (χ3v) is 6.54. The van der Waals surface area contributed by atoms with Crippen LogP contribution in [0.2, 0.25) is 5.02 Å². The van der Waals surface area contributed by atoms with Crippen LogP contribution in [0.5, 0.6) is 5.75 Å². The molecule has 3 fully saturated rings. The van der Waals surface area contributed by atoms with Crippen LogP contribution in [0.1, 0.15) is 37.0 Å². The number of nitrogens with two attached hydrogens (primary N) is 1. The Hall–Kier alpha value is -2.03. The molecule has 30 heavy (non-hydrogen) atoms. The number of nitrogen functional groups attached to an aromatic ring is 1. The molecule has 0 radical (unpaired) electrons. The average Bonchev–Trinajstić information content (AvgIpc) is 2.74. The van der Waals surface area contributed by atoms with Gasteiger partial charge in [-0.25, -0.2) is 0 Å². The number of fused-ring (bicyclic) bond motifs is 3. The highest BCUT2D eigenvalue weighted by Gasteiger charge is 2.45. The molecule has 1 unspecified atom stereocenters. The Kier molecular flexibility index (Phi) is 7.10. The number of ether oxygens (including phenoxy) is 1. The highest BCUT2D eigenvalue weighted by atomic mass is 35.5. The molecule has 1 atom stereocenters. The van der Waals surface area contributed by atoms with Crippen LogP contribution >= 0.6 is 11.6 Å². The molecule has 0 spiro atoms. The van der Waals surface area contributed by atoms with E-state index in [9.17, 15) is 14.7 Å². The SMILES string of the molecule is CCN(CC)C(=O)COc1cc(N)c(Cl)cc1C(=O)NCC1(O)CN2CCC1CC2. The van der Waals surface area contributed by atoms with Crippen LogP contribution in [-0.4, -0.2) is 78.2 Å². The van der Waals surface area contributed by atoms with Gasteiger partial charge < -0.3 is 30.7 Å². The molecule has 166 valence electrons. The lowest BCUT2D eigenvalue weighted by molar-refractivity contribution is -0.132. The molecule has 1 aromatic carbocycles. The summed E-state index contributed by atoms with van der Waals surface area (Å²) in [5, 5.41) is 14.1. The summed E-state index contributed by atoms with van der Waals surface area (Å²) in [6, 6.07) is 2.89. The summed E-state index contributed by atoms with van der Waals surface area (Å²) in [7, 11) is 0. The van der Waals surface area contributed by atoms with Crippen LogP contribution < -0.4 is 15.8 Å². The number of hydrogen-bond donors (Lipinski definition) is 3. The van der Waals surface area contributed by atoms with Crippen LogP contribution in [0.25, 0.3) is 0 Å². The third kappa shape index (κ3) is 4.82. The summed E-state index contributed by atoms with van der Waals surface area (Å²) in [4.78, 5) is 29.0. The fourth-order valence-electron chi connectivity index (χ4n) is 4.35. The van der Waals surface area contributed by atoms with Crippen molar-refractivity contribution in [2.75, 3.05) is 51.6 Å². The molecule has 2 bridgehead atoms. The second-order valence-electron chi connectivity index (χ2n) is 8.06. The predicted molar refractivity (Wildman–Crippen MR) is 116 cm³/mol. The summed E-state index contributed by atoms with van der Waals surface area (Å²) in [5.74, 6) is -0.232. The van der Waals surface area contributed by atoms with Gasteiger partial charge in [0.15, 0.2) is 6.61 Å². The van der Waals surface area contributed by atoms with Crippen LogP contribution in [0, 0.1) is 5.92 Å². The first-order chi connectivity index (χ1) is 14.3. The standard InChI is InChI=1S/C21H31ClN4O4/c1-3-26(4-2)19(27)11-30-18-10-17(23)16(22)9-15(18)20(28)24-12-21(29)13-25-7-5-14(21)6-8-25/h9-10,14,29H,3-8,11-13,23H2,1-2H3,(H,24,28). The number of hydrogen-bond acceptors (Lipinski definition) is 6. The van der Waals surface area contributed by atoms with Crippen LogP contribution in [0.3, 0.4) is 0 Å². The number of benzene rings is 1. The zero-order chi connectivity index (χ0) is 21.9. The number of piperidine rings is 3. The highest BCUT2D eigenvalue weighted by molar-refractivity contribution is 6.33. The van der Waals surface area contributed by atoms with Crippen LogP contribution in [0.15, 0.2) is 12.1 Å². The maximum absolute atomic E-state index is 12.9. The minimum Gasteiger partial charge on any atom is -0.483 e. The van der Waals surface area contributed by atoms with Gasteiger partial charge in [-0.15, -0.1) is 0 Å². The number of nitrogens with zero attached hydrogens (tertiary/aromatic N) is 2. The number of likely N-dealkylation sites (N-methyl/N-ethyl adjacent to an activating group) is 1. The number of rotatable bonds is 8. The molecule has 9 heteroatoms. The van der Waals surface area contributed by atoms with Crippen molar-refractivity contribution in [3.63, 3.8) is 0 Å². The van der Waals surface area contributed by atoms with Crippen molar-refractivity contribution in [1.82, 2.24) is 15.1 Å². The predicted octanol–water partition coefficient (Wildman–Crippen LogP) is 1.36. The van der Waals surface area contributed by atoms with Gasteiger partial charge in [-0.2, -0.15) is 0 Å². The van der Waals surface area contributed by atoms with Crippen molar-refractivity contribution in [3.8, 4) is 5.75 Å². The molecule has 3 saturated heterocycles. The van der Waals surface area contributed by atoms with E-state index in [1.807, 2.05) is 13.8 Å². The largest absolute Gasteiger partial charge is 0.483 e. The molecule has 0 aromatic heterocycles. The molecule has 8 nitrogen and oxygen atoms in total. The van der Waals surface area contributed by atoms with Gasteiger partial charge in [0.2, 0.25) is 0 Å². The average molecular weight is 439 g/mol. The lowest BCUT2D eigenvalue weighted by atomic mass is 9.75. The van der Waals surface area contributed by atoms with Gasteiger partial charge in [-0.3, -0.25) is 9.59 Å². The Morgan fingerprint density at radius 2 is 2.00 bits per heavy atom. The maximum Gasteiger partial charge on any atom is 0.260 e. The van der Waals surface area contributed by atoms with Crippen molar-refractivity contribution >= 4 is 29.1 Å². The Labute approximate surface area is 182 Å². The van der Waals surface area contributed by atoms with Crippen molar-refractivity contribution in [1.29, 1.82) is 0 Å². The molecule has 0 aliphatic carbocycles. The lowest BCUT2D eigenvalue weighted by Gasteiger charge is -2.50. The van der Waals surface area contributed by atoms with Crippen LogP contribution in [-0.2, 0) is 4.79 Å². The molecular formula is C21H31ClN4O4.